The molecule has 3 N–H and O–H groups in total. The van der Waals surface area contributed by atoms with Gasteiger partial charge in [-0.2, -0.15) is 0 Å². The van der Waals surface area contributed by atoms with E-state index in [9.17, 15) is 17.6 Å². The summed E-state index contributed by atoms with van der Waals surface area (Å²) in [6.07, 6.45) is -8.74. The lowest BCUT2D eigenvalue weighted by Gasteiger charge is -2.56. The van der Waals surface area contributed by atoms with Crippen LogP contribution in [-0.4, -0.2) is 104 Å². The average molecular weight is 591 g/mol. The first kappa shape index (κ1) is 35.9. The number of nitrogens with one attached hydrogen (secondary N) is 1. The van der Waals surface area contributed by atoms with Crippen molar-refractivity contribution in [1.29, 1.82) is 0 Å². The highest BCUT2D eigenvalue weighted by Gasteiger charge is 2.60. The minimum absolute atomic E-state index is 0. The molecule has 3 heterocycles. The maximum absolute atomic E-state index is 13.8. The number of benzene rings is 1. The van der Waals surface area contributed by atoms with Crippen LogP contribution in [0.15, 0.2) is 30.3 Å². The van der Waals surface area contributed by atoms with Crippen LogP contribution in [-0.2, 0) is 25.5 Å². The van der Waals surface area contributed by atoms with Gasteiger partial charge < -0.3 is 34.5 Å². The molecule has 4 rings (SSSR count). The molecular weight excluding hydrogens is 548 g/mol. The SMILES string of the molecule is C.CO[C@@]1(C)O[C@@H]2[C@@H](C(F)F)CN(Cc3ccccc3)C[C@H]2O[C@]1(C)OC.Cl.O[C@H]1[C@H](O)CNC[C@@H]1C(F)F. The van der Waals surface area contributed by atoms with E-state index >= 15 is 0 Å². The summed E-state index contributed by atoms with van der Waals surface area (Å²) in [4.78, 5) is 1.99. The maximum Gasteiger partial charge on any atom is 0.245 e. The molecule has 8 atom stereocenters. The number of alkyl halides is 4. The van der Waals surface area contributed by atoms with Crippen molar-refractivity contribution in [2.24, 2.45) is 11.8 Å². The Bertz CT molecular complexity index is 850. The van der Waals surface area contributed by atoms with Crippen molar-refractivity contribution in [3.63, 3.8) is 0 Å². The smallest absolute Gasteiger partial charge is 0.245 e. The Balaban J connectivity index is 0.000000497. The Hall–Kier alpha value is -1.09. The molecule has 13 heteroatoms. The summed E-state index contributed by atoms with van der Waals surface area (Å²) in [5.74, 6) is -4.56. The van der Waals surface area contributed by atoms with Crippen LogP contribution in [0.3, 0.4) is 0 Å². The van der Waals surface area contributed by atoms with Gasteiger partial charge in [0.15, 0.2) is 0 Å². The Kier molecular flexibility index (Phi) is 14.0. The number of aliphatic hydroxyl groups excluding tert-OH is 2. The number of methoxy groups -OCH3 is 2. The van der Waals surface area contributed by atoms with Crippen LogP contribution in [0, 0.1) is 11.8 Å². The van der Waals surface area contributed by atoms with Crippen molar-refractivity contribution in [1.82, 2.24) is 10.2 Å². The molecule has 0 aliphatic carbocycles. The molecule has 0 amide bonds. The lowest BCUT2D eigenvalue weighted by Crippen LogP contribution is -2.70. The molecule has 228 valence electrons. The number of piperidine rings is 2. The zero-order chi connectivity index (χ0) is 27.4. The molecule has 1 aromatic carbocycles. The van der Waals surface area contributed by atoms with E-state index in [1.165, 1.54) is 14.2 Å². The van der Waals surface area contributed by atoms with Crippen LogP contribution in [0.25, 0.3) is 0 Å². The van der Waals surface area contributed by atoms with Crippen molar-refractivity contribution >= 4 is 12.4 Å². The van der Waals surface area contributed by atoms with Gasteiger partial charge in [0.25, 0.3) is 0 Å². The summed E-state index contributed by atoms with van der Waals surface area (Å²) < 4.78 is 74.8. The Morgan fingerprint density at radius 2 is 1.51 bits per heavy atom. The zero-order valence-electron chi connectivity index (χ0n) is 21.9. The van der Waals surface area contributed by atoms with Crippen LogP contribution in [0.1, 0.15) is 26.8 Å². The number of fused-ring (bicyclic) bond motifs is 1. The summed E-state index contributed by atoms with van der Waals surface area (Å²) in [5, 5.41) is 20.6. The summed E-state index contributed by atoms with van der Waals surface area (Å²) in [6, 6.07) is 9.80. The third kappa shape index (κ3) is 8.23. The van der Waals surface area contributed by atoms with Crippen molar-refractivity contribution in [2.75, 3.05) is 40.4 Å². The molecule has 0 aromatic heterocycles. The molecular formula is C26H43ClF4N2O6. The molecule has 3 fully saturated rings. The number of halogens is 5. The highest BCUT2D eigenvalue weighted by Crippen LogP contribution is 2.44. The number of aliphatic hydroxyl groups is 2. The average Bonchev–Trinajstić information content (AvgIpc) is 2.87. The largest absolute Gasteiger partial charge is 0.390 e. The van der Waals surface area contributed by atoms with E-state index in [1.54, 1.807) is 13.8 Å². The number of rotatable bonds is 6. The van der Waals surface area contributed by atoms with Gasteiger partial charge in [-0.1, -0.05) is 37.8 Å². The van der Waals surface area contributed by atoms with E-state index in [1.807, 2.05) is 35.2 Å². The molecule has 0 bridgehead atoms. The van der Waals surface area contributed by atoms with Crippen molar-refractivity contribution in [3.8, 4) is 0 Å². The van der Waals surface area contributed by atoms with Crippen molar-refractivity contribution < 1.29 is 46.7 Å². The molecule has 8 nitrogen and oxygen atoms in total. The van der Waals surface area contributed by atoms with Gasteiger partial charge in [-0.15, -0.1) is 12.4 Å². The van der Waals surface area contributed by atoms with Gasteiger partial charge in [-0.25, -0.2) is 17.6 Å². The minimum Gasteiger partial charge on any atom is -0.390 e. The lowest BCUT2D eigenvalue weighted by atomic mass is 9.89. The van der Waals surface area contributed by atoms with E-state index in [-0.39, 0.29) is 39.5 Å². The van der Waals surface area contributed by atoms with Gasteiger partial charge in [0.2, 0.25) is 24.4 Å². The normalized spacial score (nSPS) is 36.7. The molecule has 0 radical (unpaired) electrons. The van der Waals surface area contributed by atoms with Crippen LogP contribution in [0.5, 0.6) is 0 Å². The number of nitrogens with zero attached hydrogens (tertiary/aromatic N) is 1. The van der Waals surface area contributed by atoms with E-state index in [0.29, 0.717) is 13.1 Å². The third-order valence-electron chi connectivity index (χ3n) is 7.50. The number of hydrogen-bond donors (Lipinski definition) is 3. The van der Waals surface area contributed by atoms with Crippen LogP contribution in [0.2, 0.25) is 0 Å². The molecule has 0 spiro atoms. The molecule has 3 aliphatic heterocycles. The van der Waals surface area contributed by atoms with E-state index < -0.39 is 60.7 Å². The first-order valence-electron chi connectivity index (χ1n) is 12.3. The number of ether oxygens (including phenoxy) is 4. The number of likely N-dealkylation sites (tertiary alicyclic amines) is 1. The minimum atomic E-state index is -2.58. The zero-order valence-corrected chi connectivity index (χ0v) is 22.8. The predicted molar refractivity (Wildman–Crippen MR) is 140 cm³/mol. The second-order valence-corrected chi connectivity index (χ2v) is 9.93. The fourth-order valence-electron chi connectivity index (χ4n) is 4.96. The van der Waals surface area contributed by atoms with Gasteiger partial charge in [-0.05, 0) is 19.4 Å². The first-order valence-corrected chi connectivity index (χ1v) is 12.3. The number of hydrogen-bond acceptors (Lipinski definition) is 8. The highest BCUT2D eigenvalue weighted by molar-refractivity contribution is 5.85. The van der Waals surface area contributed by atoms with E-state index in [0.717, 1.165) is 5.56 Å². The number of β-amino-alcohol motifs (C(OH)–C–C–N with tert-alkyl or cyclic N) is 1. The molecule has 1 aromatic rings. The van der Waals surface area contributed by atoms with Crippen LogP contribution in [0.4, 0.5) is 17.6 Å². The monoisotopic (exact) mass is 590 g/mol. The summed E-state index contributed by atoms with van der Waals surface area (Å²) >= 11 is 0. The van der Waals surface area contributed by atoms with Crippen LogP contribution < -0.4 is 5.32 Å². The quantitative estimate of drug-likeness (QED) is 0.435. The fraction of sp³-hybridized carbons (Fsp3) is 0.769. The van der Waals surface area contributed by atoms with Crippen molar-refractivity contribution in [3.05, 3.63) is 35.9 Å². The highest BCUT2D eigenvalue weighted by atomic mass is 35.5. The van der Waals surface area contributed by atoms with Crippen LogP contribution >= 0.6 is 12.4 Å². The molecule has 3 aliphatic rings. The predicted octanol–water partition coefficient (Wildman–Crippen LogP) is 3.14. The summed E-state index contributed by atoms with van der Waals surface area (Å²) in [7, 11) is 2.96. The topological polar surface area (TPSA) is 92.7 Å². The van der Waals surface area contributed by atoms with Gasteiger partial charge in [0, 0.05) is 46.9 Å². The fourth-order valence-corrected chi connectivity index (χ4v) is 4.96. The van der Waals surface area contributed by atoms with Crippen molar-refractivity contribution in [2.45, 2.75) is 76.7 Å². The molecule has 3 saturated heterocycles. The van der Waals surface area contributed by atoms with E-state index in [4.69, 9.17) is 29.2 Å². The lowest BCUT2D eigenvalue weighted by molar-refractivity contribution is -0.459. The molecule has 0 unspecified atom stereocenters. The van der Waals surface area contributed by atoms with Gasteiger partial charge in [-0.3, -0.25) is 4.90 Å². The summed E-state index contributed by atoms with van der Waals surface area (Å²) in [5.41, 5.74) is 1.08. The third-order valence-corrected chi connectivity index (χ3v) is 7.50. The van der Waals surface area contributed by atoms with Gasteiger partial charge in [0.1, 0.15) is 6.10 Å². The molecule has 39 heavy (non-hydrogen) atoms. The van der Waals surface area contributed by atoms with Gasteiger partial charge in [0.05, 0.1) is 30.1 Å². The second-order valence-electron chi connectivity index (χ2n) is 9.93. The van der Waals surface area contributed by atoms with Gasteiger partial charge >= 0.3 is 0 Å². The molecule has 0 saturated carbocycles. The maximum atomic E-state index is 13.8. The summed E-state index contributed by atoms with van der Waals surface area (Å²) in [6.45, 7) is 4.93. The van der Waals surface area contributed by atoms with E-state index in [2.05, 4.69) is 5.32 Å². The Labute approximate surface area is 234 Å². The Morgan fingerprint density at radius 1 is 0.949 bits per heavy atom. The Morgan fingerprint density at radius 3 is 2.03 bits per heavy atom. The second kappa shape index (κ2) is 15.2. The standard InChI is InChI=1S/C19H27F2NO4.C6H11F2NO2.CH4.ClH/c1-18(23-3)19(2,24-4)26-16-14(17(20)21)11-22(12-15(16)25-18)10-13-8-6-5-7-9-13;7-6(8)3-1-9-2-4(10)5(3)11;;/h5-9,14-17H,10-12H2,1-4H3;3-6,9-11H,1-2H2;1H4;1H/t14-,15+,16+,18-,19-;3-,4+,5+;;/m00../s1. The first-order chi connectivity index (χ1) is 17.4.